The zero-order valence-electron chi connectivity index (χ0n) is 11.2. The molecule has 0 bridgehead atoms. The molecule has 1 aromatic heterocycles. The maximum atomic E-state index is 6.20. The Bertz CT molecular complexity index is 620. The van der Waals surface area contributed by atoms with Crippen LogP contribution in [0.15, 0.2) is 30.5 Å². The van der Waals surface area contributed by atoms with E-state index in [0.717, 1.165) is 37.7 Å². The largest absolute Gasteiger partial charge is 0.368 e. The van der Waals surface area contributed by atoms with Gasteiger partial charge >= 0.3 is 0 Å². The summed E-state index contributed by atoms with van der Waals surface area (Å²) in [6.07, 6.45) is 1.76. The molecule has 1 aromatic carbocycles. The van der Waals surface area contributed by atoms with Crippen molar-refractivity contribution < 1.29 is 0 Å². The summed E-state index contributed by atoms with van der Waals surface area (Å²) in [5, 5.41) is 1.76. The molecular formula is C15H13Cl3N3. The Morgan fingerprint density at radius 3 is 2.19 bits per heavy atom. The monoisotopic (exact) mass is 340 g/mol. The van der Waals surface area contributed by atoms with Gasteiger partial charge in [0.05, 0.1) is 15.1 Å². The van der Waals surface area contributed by atoms with Crippen LogP contribution < -0.4 is 9.80 Å². The summed E-state index contributed by atoms with van der Waals surface area (Å²) in [6, 6.07) is 10.3. The van der Waals surface area contributed by atoms with Crippen molar-refractivity contribution in [3.8, 4) is 0 Å². The highest BCUT2D eigenvalue weighted by atomic mass is 35.5. The predicted octanol–water partition coefficient (Wildman–Crippen LogP) is 4.17. The molecule has 21 heavy (non-hydrogen) atoms. The van der Waals surface area contributed by atoms with E-state index < -0.39 is 0 Å². The third-order valence-corrected chi connectivity index (χ3v) is 4.17. The Balaban J connectivity index is 1.72. The molecule has 2 heterocycles. The number of pyridine rings is 1. The maximum Gasteiger partial charge on any atom is 0.147 e. The Labute approximate surface area is 139 Å². The van der Waals surface area contributed by atoms with Crippen LogP contribution in [-0.2, 0) is 0 Å². The van der Waals surface area contributed by atoms with Crippen LogP contribution in [0.4, 0.5) is 11.5 Å². The van der Waals surface area contributed by atoms with Crippen molar-refractivity contribution in [3.05, 3.63) is 51.6 Å². The molecule has 0 saturated carbocycles. The van der Waals surface area contributed by atoms with Crippen LogP contribution in [-0.4, -0.2) is 31.2 Å². The third kappa shape index (κ3) is 3.37. The molecule has 0 unspecified atom stereocenters. The van der Waals surface area contributed by atoms with Gasteiger partial charge in [-0.05, 0) is 24.3 Å². The van der Waals surface area contributed by atoms with Crippen LogP contribution in [0.25, 0.3) is 0 Å². The first-order valence-electron chi connectivity index (χ1n) is 6.62. The first kappa shape index (κ1) is 14.8. The second-order valence-corrected chi connectivity index (χ2v) is 6.04. The molecule has 3 rings (SSSR count). The fraction of sp³-hybridized carbons (Fsp3) is 0.267. The summed E-state index contributed by atoms with van der Waals surface area (Å²) in [6.45, 7) is 3.43. The van der Waals surface area contributed by atoms with E-state index in [-0.39, 0.29) is 0 Å². The van der Waals surface area contributed by atoms with Gasteiger partial charge in [0.25, 0.3) is 0 Å². The normalized spacial score (nSPS) is 15.4. The quantitative estimate of drug-likeness (QED) is 0.817. The third-order valence-electron chi connectivity index (χ3n) is 3.47. The molecule has 1 saturated heterocycles. The maximum absolute atomic E-state index is 6.20. The highest BCUT2D eigenvalue weighted by Gasteiger charge is 2.20. The van der Waals surface area contributed by atoms with Crippen molar-refractivity contribution in [2.75, 3.05) is 36.0 Å². The minimum Gasteiger partial charge on any atom is -0.368 e. The first-order valence-corrected chi connectivity index (χ1v) is 7.75. The van der Waals surface area contributed by atoms with Crippen LogP contribution >= 0.6 is 34.8 Å². The van der Waals surface area contributed by atoms with Gasteiger partial charge in [-0.1, -0.05) is 34.8 Å². The first-order chi connectivity index (χ1) is 10.1. The molecule has 0 spiro atoms. The van der Waals surface area contributed by atoms with E-state index in [2.05, 4.69) is 20.9 Å². The topological polar surface area (TPSA) is 19.4 Å². The fourth-order valence-corrected chi connectivity index (χ4v) is 3.17. The average Bonchev–Trinajstić information content (AvgIpc) is 2.47. The molecule has 109 valence electrons. The van der Waals surface area contributed by atoms with Crippen LogP contribution in [0.1, 0.15) is 0 Å². The molecule has 1 aliphatic heterocycles. The molecule has 0 amide bonds. The number of piperazine rings is 1. The molecule has 0 atom stereocenters. The lowest BCUT2D eigenvalue weighted by molar-refractivity contribution is 0.647. The number of hydrogen-bond acceptors (Lipinski definition) is 3. The van der Waals surface area contributed by atoms with E-state index >= 15 is 0 Å². The van der Waals surface area contributed by atoms with Crippen LogP contribution in [0.2, 0.25) is 15.1 Å². The lowest BCUT2D eigenvalue weighted by Crippen LogP contribution is -2.47. The van der Waals surface area contributed by atoms with Gasteiger partial charge in [-0.25, -0.2) is 4.98 Å². The van der Waals surface area contributed by atoms with Crippen LogP contribution in [0.5, 0.6) is 0 Å². The van der Waals surface area contributed by atoms with E-state index in [0.29, 0.717) is 15.1 Å². The highest BCUT2D eigenvalue weighted by Crippen LogP contribution is 2.28. The SMILES string of the molecule is Clc1[c]c(Cl)cc(N2CCN(c3ncccc3Cl)CC2)c1. The predicted molar refractivity (Wildman–Crippen MR) is 89.0 cm³/mol. The summed E-state index contributed by atoms with van der Waals surface area (Å²) in [5.74, 6) is 0.844. The zero-order valence-corrected chi connectivity index (χ0v) is 13.5. The van der Waals surface area contributed by atoms with Gasteiger partial charge in [0.15, 0.2) is 0 Å². The number of benzene rings is 1. The van der Waals surface area contributed by atoms with Gasteiger partial charge < -0.3 is 9.80 Å². The summed E-state index contributed by atoms with van der Waals surface area (Å²) in [5.41, 5.74) is 1.02. The number of aromatic nitrogens is 1. The Hall–Kier alpha value is -1.16. The standard InChI is InChI=1S/C15H13Cl3N3/c16-11-8-12(17)10-13(9-11)20-4-6-21(7-5-20)15-14(18)2-1-3-19-15/h1-3,9-10H,4-7H2. The Kier molecular flexibility index (Phi) is 4.43. The van der Waals surface area contributed by atoms with E-state index in [1.54, 1.807) is 6.20 Å². The second kappa shape index (κ2) is 6.30. The lowest BCUT2D eigenvalue weighted by Gasteiger charge is -2.37. The summed E-state index contributed by atoms with van der Waals surface area (Å²) >= 11 is 18.2. The van der Waals surface area contributed by atoms with Gasteiger partial charge in [-0.15, -0.1) is 0 Å². The molecule has 0 aliphatic carbocycles. The van der Waals surface area contributed by atoms with E-state index in [1.807, 2.05) is 24.3 Å². The van der Waals surface area contributed by atoms with Gasteiger partial charge in [-0.2, -0.15) is 0 Å². The minimum atomic E-state index is 0.535. The average molecular weight is 342 g/mol. The van der Waals surface area contributed by atoms with Crippen molar-refractivity contribution >= 4 is 46.3 Å². The minimum absolute atomic E-state index is 0.535. The number of halogens is 3. The van der Waals surface area contributed by atoms with Gasteiger partial charge in [0.2, 0.25) is 0 Å². The molecule has 1 fully saturated rings. The van der Waals surface area contributed by atoms with Crippen LogP contribution in [0.3, 0.4) is 0 Å². The van der Waals surface area contributed by atoms with Crippen molar-refractivity contribution in [1.29, 1.82) is 0 Å². The van der Waals surface area contributed by atoms with Gasteiger partial charge in [0, 0.05) is 44.1 Å². The smallest absolute Gasteiger partial charge is 0.147 e. The number of rotatable bonds is 2. The zero-order chi connectivity index (χ0) is 14.8. The molecule has 1 radical (unpaired) electrons. The van der Waals surface area contributed by atoms with Crippen LogP contribution in [0, 0.1) is 6.07 Å². The van der Waals surface area contributed by atoms with E-state index in [4.69, 9.17) is 34.8 Å². The Morgan fingerprint density at radius 1 is 0.952 bits per heavy atom. The van der Waals surface area contributed by atoms with Crippen molar-refractivity contribution in [2.24, 2.45) is 0 Å². The van der Waals surface area contributed by atoms with Crippen molar-refractivity contribution in [1.82, 2.24) is 4.98 Å². The number of hydrogen-bond donors (Lipinski definition) is 0. The molecular weight excluding hydrogens is 329 g/mol. The molecule has 0 N–H and O–H groups in total. The number of anilines is 2. The Morgan fingerprint density at radius 2 is 1.57 bits per heavy atom. The summed E-state index contributed by atoms with van der Waals surface area (Å²) in [4.78, 5) is 8.80. The molecule has 1 aliphatic rings. The van der Waals surface area contributed by atoms with E-state index in [1.165, 1.54) is 0 Å². The molecule has 3 nitrogen and oxygen atoms in total. The summed E-state index contributed by atoms with van der Waals surface area (Å²) < 4.78 is 0. The van der Waals surface area contributed by atoms with E-state index in [9.17, 15) is 0 Å². The van der Waals surface area contributed by atoms with Crippen molar-refractivity contribution in [3.63, 3.8) is 0 Å². The van der Waals surface area contributed by atoms with Gasteiger partial charge in [0.1, 0.15) is 5.82 Å². The second-order valence-electron chi connectivity index (χ2n) is 4.82. The summed E-state index contributed by atoms with van der Waals surface area (Å²) in [7, 11) is 0. The lowest BCUT2D eigenvalue weighted by atomic mass is 10.2. The number of nitrogens with zero attached hydrogens (tertiary/aromatic N) is 3. The molecule has 2 aromatic rings. The van der Waals surface area contributed by atoms with Gasteiger partial charge in [-0.3, -0.25) is 0 Å². The highest BCUT2D eigenvalue weighted by molar-refractivity contribution is 6.34. The van der Waals surface area contributed by atoms with Crippen molar-refractivity contribution in [2.45, 2.75) is 0 Å². The molecule has 6 heteroatoms. The fourth-order valence-electron chi connectivity index (χ4n) is 2.46.